The zero-order valence-electron chi connectivity index (χ0n) is 25.9. The highest BCUT2D eigenvalue weighted by Gasteiger charge is 2.37. The molecule has 48 heavy (non-hydrogen) atoms. The van der Waals surface area contributed by atoms with E-state index in [9.17, 15) is 26.3 Å². The minimum atomic E-state index is -4.67. The largest absolute Gasteiger partial charge is 0.496 e. The number of anilines is 2. The van der Waals surface area contributed by atoms with Gasteiger partial charge in [-0.15, -0.1) is 0 Å². The summed E-state index contributed by atoms with van der Waals surface area (Å²) in [5.74, 6) is -0.409. The Bertz CT molecular complexity index is 1560. The van der Waals surface area contributed by atoms with Gasteiger partial charge in [-0.1, -0.05) is 24.3 Å². The number of benzene rings is 2. The second-order valence-electron chi connectivity index (χ2n) is 10.3. The van der Waals surface area contributed by atoms with E-state index in [1.165, 1.54) is 14.2 Å². The van der Waals surface area contributed by atoms with Crippen LogP contribution in [-0.2, 0) is 21.8 Å². The van der Waals surface area contributed by atoms with Gasteiger partial charge in [-0.3, -0.25) is 0 Å². The van der Waals surface area contributed by atoms with E-state index in [0.29, 0.717) is 75.2 Å². The summed E-state index contributed by atoms with van der Waals surface area (Å²) >= 11 is 0. The number of rotatable bonds is 6. The minimum Gasteiger partial charge on any atom is -0.496 e. The average molecular weight is 680 g/mol. The van der Waals surface area contributed by atoms with Gasteiger partial charge < -0.3 is 28.7 Å². The Morgan fingerprint density at radius 3 is 1.62 bits per heavy atom. The van der Waals surface area contributed by atoms with E-state index >= 15 is 0 Å². The zero-order chi connectivity index (χ0) is 34.3. The van der Waals surface area contributed by atoms with E-state index in [1.54, 1.807) is 58.3 Å². The molecule has 2 saturated heterocycles. The quantitative estimate of drug-likeness (QED) is 0.244. The first-order chi connectivity index (χ1) is 23.0. The molecular weight excluding hydrogens is 648 g/mol. The Hall–Kier alpha value is -4.77. The molecule has 0 unspecified atom stereocenters. The molecule has 0 bridgehead atoms. The molecule has 0 aliphatic carbocycles. The van der Waals surface area contributed by atoms with Gasteiger partial charge in [-0.05, 0) is 30.3 Å². The Labute approximate surface area is 271 Å². The lowest BCUT2D eigenvalue weighted by molar-refractivity contribution is -0.145. The Kier molecular flexibility index (Phi) is 10.8. The van der Waals surface area contributed by atoms with Crippen molar-refractivity contribution in [1.29, 1.82) is 0 Å². The van der Waals surface area contributed by atoms with Crippen LogP contribution in [0.2, 0.25) is 0 Å². The molecule has 2 aliphatic heterocycles. The van der Waals surface area contributed by atoms with Crippen molar-refractivity contribution in [3.8, 4) is 34.1 Å². The number of para-hydroxylation sites is 2. The molecule has 0 N–H and O–H groups in total. The second-order valence-corrected chi connectivity index (χ2v) is 10.3. The van der Waals surface area contributed by atoms with Crippen LogP contribution in [-0.4, -0.2) is 91.7 Å². The van der Waals surface area contributed by atoms with Gasteiger partial charge in [0, 0.05) is 31.7 Å². The van der Waals surface area contributed by atoms with Gasteiger partial charge >= 0.3 is 12.4 Å². The number of ether oxygens (including phenoxy) is 4. The summed E-state index contributed by atoms with van der Waals surface area (Å²) < 4.78 is 100. The molecule has 2 fully saturated rings. The molecule has 2 aromatic heterocycles. The molecule has 0 spiro atoms. The highest BCUT2D eigenvalue weighted by atomic mass is 19.4. The lowest BCUT2D eigenvalue weighted by Gasteiger charge is -2.27. The highest BCUT2D eigenvalue weighted by molar-refractivity contribution is 5.68. The molecule has 0 saturated carbocycles. The SMILES string of the molecule is COc1ccccc1-c1cc(C(F)(F)F)nc(N2CCOCC2)n1.COc1ccccc1-c1nc(N2CCOCC2)nc(C(F)(F)F)n1. The molecule has 0 radical (unpaired) electrons. The van der Waals surface area contributed by atoms with Crippen LogP contribution in [0.5, 0.6) is 11.5 Å². The topological polar surface area (TPSA) is 108 Å². The zero-order valence-corrected chi connectivity index (χ0v) is 25.9. The van der Waals surface area contributed by atoms with Crippen molar-refractivity contribution in [2.24, 2.45) is 0 Å². The summed E-state index contributed by atoms with van der Waals surface area (Å²) in [5, 5.41) is 0. The van der Waals surface area contributed by atoms with Crippen LogP contribution in [0.1, 0.15) is 11.5 Å². The summed E-state index contributed by atoms with van der Waals surface area (Å²) in [7, 11) is 2.90. The molecule has 2 aromatic carbocycles. The van der Waals surface area contributed by atoms with Crippen LogP contribution >= 0.6 is 0 Å². The number of nitrogens with zero attached hydrogens (tertiary/aromatic N) is 7. The van der Waals surface area contributed by atoms with Crippen LogP contribution < -0.4 is 19.3 Å². The summed E-state index contributed by atoms with van der Waals surface area (Å²) in [4.78, 5) is 22.8. The van der Waals surface area contributed by atoms with E-state index in [4.69, 9.17) is 18.9 Å². The third kappa shape index (κ3) is 8.38. The predicted molar refractivity (Wildman–Crippen MR) is 162 cm³/mol. The number of hydrogen-bond acceptors (Lipinski definition) is 11. The lowest BCUT2D eigenvalue weighted by atomic mass is 10.1. The van der Waals surface area contributed by atoms with Crippen molar-refractivity contribution in [3.05, 3.63) is 66.1 Å². The van der Waals surface area contributed by atoms with Crippen LogP contribution in [0.15, 0.2) is 54.6 Å². The third-order valence-electron chi connectivity index (χ3n) is 7.20. The molecule has 0 amide bonds. The van der Waals surface area contributed by atoms with Gasteiger partial charge in [0.2, 0.25) is 17.7 Å². The molecule has 6 rings (SSSR count). The van der Waals surface area contributed by atoms with E-state index in [2.05, 4.69) is 24.9 Å². The molecule has 256 valence electrons. The minimum absolute atomic E-state index is 0.0125. The number of methoxy groups -OCH3 is 2. The standard InChI is InChI=1S/C16H16F3N3O2.C15H15F3N4O2/c1-23-13-5-3-2-4-11(13)12-10-14(16(17,18)19)21-15(20-12)22-6-8-24-9-7-22;1-23-11-5-3-2-4-10(11)12-19-13(15(16,17)18)21-14(20-12)22-6-8-24-9-7-22/h2-5,10H,6-9H2,1H3;2-5H,6-9H2,1H3. The number of alkyl halides is 6. The van der Waals surface area contributed by atoms with Gasteiger partial charge in [0.05, 0.1) is 51.9 Å². The van der Waals surface area contributed by atoms with Crippen molar-refractivity contribution >= 4 is 11.9 Å². The monoisotopic (exact) mass is 679 g/mol. The smallest absolute Gasteiger partial charge is 0.451 e. The first-order valence-corrected chi connectivity index (χ1v) is 14.7. The molecule has 2 aliphatic rings. The molecule has 4 aromatic rings. The molecule has 17 heteroatoms. The number of aromatic nitrogens is 5. The van der Waals surface area contributed by atoms with E-state index < -0.39 is 23.9 Å². The Morgan fingerprint density at radius 2 is 1.10 bits per heavy atom. The van der Waals surface area contributed by atoms with E-state index in [1.807, 2.05) is 0 Å². The fourth-order valence-corrected chi connectivity index (χ4v) is 4.82. The number of hydrogen-bond donors (Lipinski definition) is 0. The van der Waals surface area contributed by atoms with Crippen LogP contribution in [0.4, 0.5) is 38.2 Å². The molecular formula is C31H31F6N7O4. The summed E-state index contributed by atoms with van der Waals surface area (Å²) in [5.41, 5.74) is 0.0704. The van der Waals surface area contributed by atoms with E-state index in [-0.39, 0.29) is 23.4 Å². The van der Waals surface area contributed by atoms with Gasteiger partial charge in [0.25, 0.3) is 0 Å². The Balaban J connectivity index is 0.000000188. The summed E-state index contributed by atoms with van der Waals surface area (Å²) in [6.07, 6.45) is -9.22. The molecule has 4 heterocycles. The first kappa shape index (κ1) is 34.6. The van der Waals surface area contributed by atoms with Gasteiger partial charge in [-0.2, -0.15) is 36.3 Å². The van der Waals surface area contributed by atoms with Crippen molar-refractivity contribution in [1.82, 2.24) is 24.9 Å². The average Bonchev–Trinajstić information content (AvgIpc) is 3.11. The number of morpholine rings is 2. The molecule has 0 atom stereocenters. The summed E-state index contributed by atoms with van der Waals surface area (Å²) in [6.45, 7) is 3.44. The van der Waals surface area contributed by atoms with Crippen molar-refractivity contribution in [2.45, 2.75) is 12.4 Å². The van der Waals surface area contributed by atoms with Crippen molar-refractivity contribution < 1.29 is 45.3 Å². The third-order valence-corrected chi connectivity index (χ3v) is 7.20. The highest BCUT2D eigenvalue weighted by Crippen LogP contribution is 2.35. The van der Waals surface area contributed by atoms with E-state index in [0.717, 1.165) is 6.07 Å². The van der Waals surface area contributed by atoms with Gasteiger partial charge in [-0.25, -0.2) is 15.0 Å². The predicted octanol–water partition coefficient (Wildman–Crippen LogP) is 5.41. The normalized spacial score (nSPS) is 15.4. The lowest BCUT2D eigenvalue weighted by Crippen LogP contribution is -2.38. The van der Waals surface area contributed by atoms with Crippen molar-refractivity contribution in [2.75, 3.05) is 76.6 Å². The number of halogens is 6. The van der Waals surface area contributed by atoms with Crippen LogP contribution in [0.3, 0.4) is 0 Å². The molecule has 11 nitrogen and oxygen atoms in total. The maximum Gasteiger partial charge on any atom is 0.451 e. The maximum absolute atomic E-state index is 13.2. The van der Waals surface area contributed by atoms with Gasteiger partial charge in [0.1, 0.15) is 11.5 Å². The summed E-state index contributed by atoms with van der Waals surface area (Å²) in [6, 6.07) is 14.4. The fraction of sp³-hybridized carbons (Fsp3) is 0.387. The second kappa shape index (κ2) is 15.0. The first-order valence-electron chi connectivity index (χ1n) is 14.7. The Morgan fingerprint density at radius 1 is 0.604 bits per heavy atom. The van der Waals surface area contributed by atoms with Gasteiger partial charge in [0.15, 0.2) is 11.5 Å². The van der Waals surface area contributed by atoms with Crippen molar-refractivity contribution in [3.63, 3.8) is 0 Å². The maximum atomic E-state index is 13.2. The van der Waals surface area contributed by atoms with Crippen LogP contribution in [0.25, 0.3) is 22.6 Å². The fourth-order valence-electron chi connectivity index (χ4n) is 4.82. The van der Waals surface area contributed by atoms with Crippen LogP contribution in [0, 0.1) is 0 Å².